The third kappa shape index (κ3) is 3.53. The summed E-state index contributed by atoms with van der Waals surface area (Å²) in [5.74, 6) is 1.02. The molecule has 1 aliphatic rings. The molecule has 2 rings (SSSR count). The fourth-order valence-electron chi connectivity index (χ4n) is 2.48. The molecule has 0 saturated carbocycles. The lowest BCUT2D eigenvalue weighted by Gasteiger charge is -2.32. The molecule has 0 amide bonds. The fourth-order valence-corrected chi connectivity index (χ4v) is 3.31. The Labute approximate surface area is 114 Å². The molecule has 1 aromatic rings. The van der Waals surface area contributed by atoms with E-state index in [1.54, 1.807) is 11.3 Å². The SMILES string of the molecule is CC(C)c1nc(CN2CCC(C(C)O)CC2)cs1. The van der Waals surface area contributed by atoms with Crippen molar-refractivity contribution in [3.8, 4) is 0 Å². The Morgan fingerprint density at radius 3 is 2.56 bits per heavy atom. The largest absolute Gasteiger partial charge is 0.393 e. The molecule has 4 heteroatoms. The maximum absolute atomic E-state index is 9.59. The Morgan fingerprint density at radius 1 is 1.39 bits per heavy atom. The first-order chi connectivity index (χ1) is 8.56. The zero-order chi connectivity index (χ0) is 13.1. The van der Waals surface area contributed by atoms with E-state index < -0.39 is 0 Å². The van der Waals surface area contributed by atoms with Crippen molar-refractivity contribution in [2.75, 3.05) is 13.1 Å². The van der Waals surface area contributed by atoms with Gasteiger partial charge in [-0.3, -0.25) is 4.90 Å². The van der Waals surface area contributed by atoms with Crippen LogP contribution in [0.4, 0.5) is 0 Å². The minimum atomic E-state index is -0.154. The van der Waals surface area contributed by atoms with Gasteiger partial charge in [-0.1, -0.05) is 13.8 Å². The summed E-state index contributed by atoms with van der Waals surface area (Å²) >= 11 is 1.77. The van der Waals surface area contributed by atoms with E-state index in [9.17, 15) is 5.11 Å². The summed E-state index contributed by atoms with van der Waals surface area (Å²) < 4.78 is 0. The zero-order valence-corrected chi connectivity index (χ0v) is 12.4. The molecular weight excluding hydrogens is 244 g/mol. The topological polar surface area (TPSA) is 36.4 Å². The Hall–Kier alpha value is -0.450. The van der Waals surface area contributed by atoms with Gasteiger partial charge in [-0.15, -0.1) is 11.3 Å². The number of likely N-dealkylation sites (tertiary alicyclic amines) is 1. The summed E-state index contributed by atoms with van der Waals surface area (Å²) in [4.78, 5) is 7.14. The van der Waals surface area contributed by atoms with Crippen molar-refractivity contribution in [1.82, 2.24) is 9.88 Å². The van der Waals surface area contributed by atoms with Gasteiger partial charge < -0.3 is 5.11 Å². The van der Waals surface area contributed by atoms with Crippen LogP contribution in [0.15, 0.2) is 5.38 Å². The average Bonchev–Trinajstić information content (AvgIpc) is 2.78. The second-order valence-electron chi connectivity index (χ2n) is 5.69. The normalized spacial score (nSPS) is 20.5. The summed E-state index contributed by atoms with van der Waals surface area (Å²) in [5, 5.41) is 13.0. The summed E-state index contributed by atoms with van der Waals surface area (Å²) in [7, 11) is 0. The Balaban J connectivity index is 1.84. The summed E-state index contributed by atoms with van der Waals surface area (Å²) in [5.41, 5.74) is 1.21. The van der Waals surface area contributed by atoms with Gasteiger partial charge in [0.05, 0.1) is 16.8 Å². The van der Waals surface area contributed by atoms with Crippen molar-refractivity contribution in [3.05, 3.63) is 16.1 Å². The van der Waals surface area contributed by atoms with E-state index in [1.807, 2.05) is 6.92 Å². The molecule has 0 radical (unpaired) electrons. The Kier molecular flexibility index (Phi) is 4.76. The van der Waals surface area contributed by atoms with E-state index in [0.29, 0.717) is 11.8 Å². The third-order valence-electron chi connectivity index (χ3n) is 3.76. The van der Waals surface area contributed by atoms with Gasteiger partial charge in [0.15, 0.2) is 0 Å². The molecule has 18 heavy (non-hydrogen) atoms. The quantitative estimate of drug-likeness (QED) is 0.912. The number of hydrogen-bond donors (Lipinski definition) is 1. The monoisotopic (exact) mass is 268 g/mol. The van der Waals surface area contributed by atoms with Crippen LogP contribution in [0, 0.1) is 5.92 Å². The summed E-state index contributed by atoms with van der Waals surface area (Å²) in [6.45, 7) is 9.44. The van der Waals surface area contributed by atoms with Crippen LogP contribution in [0.2, 0.25) is 0 Å². The molecule has 1 unspecified atom stereocenters. The number of thiazole rings is 1. The fraction of sp³-hybridized carbons (Fsp3) is 0.786. The number of rotatable bonds is 4. The van der Waals surface area contributed by atoms with Gasteiger partial charge in [-0.05, 0) is 38.8 Å². The molecule has 1 saturated heterocycles. The molecule has 1 atom stereocenters. The number of piperidine rings is 1. The van der Waals surface area contributed by atoms with Gasteiger partial charge in [0.25, 0.3) is 0 Å². The molecule has 1 fully saturated rings. The first kappa shape index (κ1) is 14.0. The highest BCUT2D eigenvalue weighted by atomic mass is 32.1. The summed E-state index contributed by atoms with van der Waals surface area (Å²) in [6, 6.07) is 0. The van der Waals surface area contributed by atoms with Gasteiger partial charge in [-0.2, -0.15) is 0 Å². The maximum atomic E-state index is 9.59. The van der Waals surface area contributed by atoms with Crippen LogP contribution in [-0.2, 0) is 6.54 Å². The number of hydrogen-bond acceptors (Lipinski definition) is 4. The molecular formula is C14H24N2OS. The van der Waals surface area contributed by atoms with Crippen LogP contribution in [0.1, 0.15) is 50.2 Å². The van der Waals surface area contributed by atoms with Gasteiger partial charge in [-0.25, -0.2) is 4.98 Å². The smallest absolute Gasteiger partial charge is 0.0954 e. The van der Waals surface area contributed by atoms with Crippen LogP contribution in [0.25, 0.3) is 0 Å². The number of nitrogens with zero attached hydrogens (tertiary/aromatic N) is 2. The van der Waals surface area contributed by atoms with Crippen molar-refractivity contribution in [3.63, 3.8) is 0 Å². The lowest BCUT2D eigenvalue weighted by molar-refractivity contribution is 0.0692. The lowest BCUT2D eigenvalue weighted by Crippen LogP contribution is -2.36. The average molecular weight is 268 g/mol. The van der Waals surface area contributed by atoms with Crippen molar-refractivity contribution in [1.29, 1.82) is 0 Å². The second kappa shape index (κ2) is 6.13. The van der Waals surface area contributed by atoms with Gasteiger partial charge in [0.1, 0.15) is 0 Å². The standard InChI is InChI=1S/C14H24N2OS/c1-10(2)14-15-13(9-18-14)8-16-6-4-12(5-7-16)11(3)17/h9-12,17H,4-8H2,1-3H3. The minimum absolute atomic E-state index is 0.154. The molecule has 102 valence electrons. The predicted molar refractivity (Wildman–Crippen MR) is 75.9 cm³/mol. The van der Waals surface area contributed by atoms with Crippen LogP contribution < -0.4 is 0 Å². The maximum Gasteiger partial charge on any atom is 0.0954 e. The lowest BCUT2D eigenvalue weighted by atomic mass is 9.92. The van der Waals surface area contributed by atoms with Crippen LogP contribution >= 0.6 is 11.3 Å². The molecule has 1 aliphatic heterocycles. The Bertz CT molecular complexity index is 368. The van der Waals surface area contributed by atoms with Gasteiger partial charge >= 0.3 is 0 Å². The first-order valence-electron chi connectivity index (χ1n) is 6.91. The zero-order valence-electron chi connectivity index (χ0n) is 11.6. The van der Waals surface area contributed by atoms with Crippen molar-refractivity contribution >= 4 is 11.3 Å². The molecule has 0 aliphatic carbocycles. The van der Waals surface area contributed by atoms with Crippen molar-refractivity contribution in [2.24, 2.45) is 5.92 Å². The van der Waals surface area contributed by atoms with Crippen molar-refractivity contribution in [2.45, 2.75) is 52.2 Å². The van der Waals surface area contributed by atoms with E-state index in [4.69, 9.17) is 0 Å². The minimum Gasteiger partial charge on any atom is -0.393 e. The van der Waals surface area contributed by atoms with Gasteiger partial charge in [0.2, 0.25) is 0 Å². The Morgan fingerprint density at radius 2 is 2.06 bits per heavy atom. The molecule has 2 heterocycles. The number of aromatic nitrogens is 1. The highest BCUT2D eigenvalue weighted by Gasteiger charge is 2.23. The first-order valence-corrected chi connectivity index (χ1v) is 7.79. The molecule has 0 aromatic carbocycles. The van der Waals surface area contributed by atoms with Gasteiger partial charge in [0, 0.05) is 17.8 Å². The van der Waals surface area contributed by atoms with E-state index >= 15 is 0 Å². The van der Waals surface area contributed by atoms with E-state index in [1.165, 1.54) is 10.7 Å². The van der Waals surface area contributed by atoms with Crippen LogP contribution in [-0.4, -0.2) is 34.2 Å². The van der Waals surface area contributed by atoms with E-state index in [-0.39, 0.29) is 6.10 Å². The highest BCUT2D eigenvalue weighted by Crippen LogP contribution is 2.24. The van der Waals surface area contributed by atoms with E-state index in [2.05, 4.69) is 29.1 Å². The van der Waals surface area contributed by atoms with Crippen LogP contribution in [0.3, 0.4) is 0 Å². The van der Waals surface area contributed by atoms with Crippen molar-refractivity contribution < 1.29 is 5.11 Å². The second-order valence-corrected chi connectivity index (χ2v) is 6.58. The number of aliphatic hydroxyl groups is 1. The van der Waals surface area contributed by atoms with E-state index in [0.717, 1.165) is 32.5 Å². The molecule has 0 bridgehead atoms. The van der Waals surface area contributed by atoms with Crippen LogP contribution in [0.5, 0.6) is 0 Å². The number of aliphatic hydroxyl groups excluding tert-OH is 1. The molecule has 3 nitrogen and oxygen atoms in total. The molecule has 1 N–H and O–H groups in total. The molecule has 1 aromatic heterocycles. The predicted octanol–water partition coefficient (Wildman–Crippen LogP) is 2.86. The molecule has 0 spiro atoms. The highest BCUT2D eigenvalue weighted by molar-refractivity contribution is 7.09. The third-order valence-corrected chi connectivity index (χ3v) is 4.96. The summed E-state index contributed by atoms with van der Waals surface area (Å²) in [6.07, 6.45) is 2.07.